The van der Waals surface area contributed by atoms with Gasteiger partial charge in [0.05, 0.1) is 6.42 Å². The predicted octanol–water partition coefficient (Wildman–Crippen LogP) is -1.89. The van der Waals surface area contributed by atoms with Crippen LogP contribution in [0.25, 0.3) is 0 Å². The van der Waals surface area contributed by atoms with E-state index in [4.69, 9.17) is 5.11 Å². The molecule has 0 aliphatic heterocycles. The first-order valence-electron chi connectivity index (χ1n) is 4.16. The number of rotatable bonds is 4. The van der Waals surface area contributed by atoms with Crippen LogP contribution in [0.4, 0.5) is 0 Å². The SMILES string of the molecule is CC(CC(=O)O)NC1CCC1.[H-].[Na+]. The fraction of sp³-hybridized carbons (Fsp3) is 0.875. The average molecular weight is 181 g/mol. The Balaban J connectivity index is 0. The van der Waals surface area contributed by atoms with E-state index in [1.54, 1.807) is 0 Å². The molecule has 1 aliphatic carbocycles. The van der Waals surface area contributed by atoms with Crippen LogP contribution >= 0.6 is 0 Å². The van der Waals surface area contributed by atoms with E-state index >= 15 is 0 Å². The largest absolute Gasteiger partial charge is 1.00 e. The summed E-state index contributed by atoms with van der Waals surface area (Å²) in [4.78, 5) is 10.3. The second-order valence-corrected chi connectivity index (χ2v) is 3.29. The van der Waals surface area contributed by atoms with Gasteiger partial charge in [-0.05, 0) is 19.8 Å². The van der Waals surface area contributed by atoms with Crippen molar-refractivity contribution in [3.05, 3.63) is 0 Å². The van der Waals surface area contributed by atoms with Crippen LogP contribution in [0.2, 0.25) is 0 Å². The minimum atomic E-state index is -0.718. The number of carbonyl (C=O) groups is 1. The number of aliphatic carboxylic acids is 1. The van der Waals surface area contributed by atoms with Crippen molar-refractivity contribution in [3.8, 4) is 0 Å². The third-order valence-corrected chi connectivity index (χ3v) is 2.11. The minimum Gasteiger partial charge on any atom is -1.00 e. The molecule has 1 fully saturated rings. The Morgan fingerprint density at radius 1 is 1.75 bits per heavy atom. The summed E-state index contributed by atoms with van der Waals surface area (Å²) in [5.74, 6) is -0.718. The van der Waals surface area contributed by atoms with Gasteiger partial charge in [-0.15, -0.1) is 0 Å². The third-order valence-electron chi connectivity index (χ3n) is 2.11. The number of hydrogen-bond acceptors (Lipinski definition) is 2. The molecule has 66 valence electrons. The number of carboxylic acid groups (broad SMARTS) is 1. The van der Waals surface area contributed by atoms with Crippen LogP contribution in [-0.2, 0) is 4.79 Å². The standard InChI is InChI=1S/C8H15NO2.Na.H/c1-6(5-8(10)11)9-7-3-2-4-7;;/h6-7,9H,2-5H2,1H3,(H,10,11);;/q;+1;-1. The molecular weight excluding hydrogens is 165 g/mol. The van der Waals surface area contributed by atoms with Gasteiger partial charge in [-0.3, -0.25) is 4.79 Å². The summed E-state index contributed by atoms with van der Waals surface area (Å²) < 4.78 is 0. The van der Waals surface area contributed by atoms with Gasteiger partial charge in [0.15, 0.2) is 0 Å². The van der Waals surface area contributed by atoms with E-state index in [0.717, 1.165) is 0 Å². The zero-order chi connectivity index (χ0) is 8.27. The second-order valence-electron chi connectivity index (χ2n) is 3.29. The second kappa shape index (κ2) is 5.97. The first-order chi connectivity index (χ1) is 5.18. The summed E-state index contributed by atoms with van der Waals surface area (Å²) in [6.45, 7) is 1.92. The number of hydrogen-bond donors (Lipinski definition) is 2. The van der Waals surface area contributed by atoms with Gasteiger partial charge < -0.3 is 11.8 Å². The monoisotopic (exact) mass is 181 g/mol. The smallest absolute Gasteiger partial charge is 1.00 e. The van der Waals surface area contributed by atoms with Crippen LogP contribution in [0, 0.1) is 0 Å². The molecule has 0 amide bonds. The summed E-state index contributed by atoms with van der Waals surface area (Å²) in [5, 5.41) is 11.7. The van der Waals surface area contributed by atoms with Gasteiger partial charge >= 0.3 is 35.5 Å². The predicted molar refractivity (Wildman–Crippen MR) is 43.6 cm³/mol. The molecule has 0 heterocycles. The number of nitrogens with one attached hydrogen (secondary N) is 1. The molecule has 1 atom stereocenters. The Hall–Kier alpha value is 0.430. The Morgan fingerprint density at radius 3 is 2.67 bits per heavy atom. The maximum atomic E-state index is 10.3. The van der Waals surface area contributed by atoms with E-state index < -0.39 is 5.97 Å². The van der Waals surface area contributed by atoms with Crippen molar-refractivity contribution in [2.45, 2.75) is 44.7 Å². The summed E-state index contributed by atoms with van der Waals surface area (Å²) >= 11 is 0. The fourth-order valence-electron chi connectivity index (χ4n) is 1.30. The van der Waals surface area contributed by atoms with Crippen molar-refractivity contribution >= 4 is 5.97 Å². The van der Waals surface area contributed by atoms with Crippen molar-refractivity contribution in [1.29, 1.82) is 0 Å². The number of carboxylic acids is 1. The summed E-state index contributed by atoms with van der Waals surface area (Å²) in [7, 11) is 0. The van der Waals surface area contributed by atoms with E-state index in [2.05, 4.69) is 5.32 Å². The topological polar surface area (TPSA) is 49.3 Å². The first-order valence-corrected chi connectivity index (χ1v) is 4.16. The molecule has 1 unspecified atom stereocenters. The Labute approximate surface area is 96.7 Å². The average Bonchev–Trinajstić information content (AvgIpc) is 1.77. The van der Waals surface area contributed by atoms with Gasteiger partial charge in [-0.2, -0.15) is 0 Å². The fourth-order valence-corrected chi connectivity index (χ4v) is 1.30. The van der Waals surface area contributed by atoms with Crippen LogP contribution in [0.15, 0.2) is 0 Å². The van der Waals surface area contributed by atoms with Crippen LogP contribution in [0.5, 0.6) is 0 Å². The van der Waals surface area contributed by atoms with E-state index in [1.165, 1.54) is 19.3 Å². The van der Waals surface area contributed by atoms with Crippen molar-refractivity contribution in [3.63, 3.8) is 0 Å². The summed E-state index contributed by atoms with van der Waals surface area (Å²) in [6, 6.07) is 0.710. The van der Waals surface area contributed by atoms with Crippen molar-refractivity contribution in [1.82, 2.24) is 5.32 Å². The maximum Gasteiger partial charge on any atom is 1.00 e. The van der Waals surface area contributed by atoms with Gasteiger partial charge in [0.2, 0.25) is 0 Å². The Kier molecular flexibility index (Phi) is 6.19. The van der Waals surface area contributed by atoms with Gasteiger partial charge in [0, 0.05) is 12.1 Å². The minimum absolute atomic E-state index is 0. The van der Waals surface area contributed by atoms with Crippen molar-refractivity contribution < 1.29 is 40.9 Å². The molecule has 2 N–H and O–H groups in total. The van der Waals surface area contributed by atoms with Gasteiger partial charge in [-0.25, -0.2) is 0 Å². The molecule has 0 radical (unpaired) electrons. The molecule has 0 saturated heterocycles. The van der Waals surface area contributed by atoms with E-state index in [1.807, 2.05) is 6.92 Å². The van der Waals surface area contributed by atoms with Gasteiger partial charge in [0.25, 0.3) is 0 Å². The normalized spacial score (nSPS) is 19.1. The van der Waals surface area contributed by atoms with Crippen molar-refractivity contribution in [2.75, 3.05) is 0 Å². The van der Waals surface area contributed by atoms with E-state index in [9.17, 15) is 4.79 Å². The molecule has 1 rings (SSSR count). The van der Waals surface area contributed by atoms with Crippen molar-refractivity contribution in [2.24, 2.45) is 0 Å². The first kappa shape index (κ1) is 12.4. The molecule has 3 nitrogen and oxygen atoms in total. The quantitative estimate of drug-likeness (QED) is 0.498. The van der Waals surface area contributed by atoms with E-state index in [0.29, 0.717) is 6.04 Å². The molecule has 0 aromatic carbocycles. The molecule has 1 saturated carbocycles. The molecule has 1 aliphatic rings. The van der Waals surface area contributed by atoms with Crippen LogP contribution in [-0.4, -0.2) is 23.2 Å². The van der Waals surface area contributed by atoms with Crippen LogP contribution < -0.4 is 34.9 Å². The van der Waals surface area contributed by atoms with E-state index in [-0.39, 0.29) is 43.4 Å². The Bertz CT molecular complexity index is 153. The molecule has 0 spiro atoms. The third kappa shape index (κ3) is 4.45. The summed E-state index contributed by atoms with van der Waals surface area (Å²) in [6.07, 6.45) is 3.95. The van der Waals surface area contributed by atoms with Gasteiger partial charge in [0.1, 0.15) is 0 Å². The Morgan fingerprint density at radius 2 is 2.33 bits per heavy atom. The van der Waals surface area contributed by atoms with Gasteiger partial charge in [-0.1, -0.05) is 6.42 Å². The van der Waals surface area contributed by atoms with Crippen LogP contribution in [0.1, 0.15) is 34.0 Å². The molecule has 0 aromatic heterocycles. The molecular formula is C8H16NNaO2. The molecule has 4 heteroatoms. The molecule has 0 aromatic rings. The molecule has 12 heavy (non-hydrogen) atoms. The molecule has 0 bridgehead atoms. The summed E-state index contributed by atoms with van der Waals surface area (Å²) in [5.41, 5.74) is 0. The van der Waals surface area contributed by atoms with Crippen LogP contribution in [0.3, 0.4) is 0 Å². The maximum absolute atomic E-state index is 10.3. The zero-order valence-electron chi connectivity index (χ0n) is 8.84. The zero-order valence-corrected chi connectivity index (χ0v) is 9.84.